The first-order valence-electron chi connectivity index (χ1n) is 4.73. The van der Waals surface area contributed by atoms with Gasteiger partial charge < -0.3 is 4.74 Å². The van der Waals surface area contributed by atoms with Crippen LogP contribution in [0.4, 0.5) is 0 Å². The van der Waals surface area contributed by atoms with Gasteiger partial charge in [0.25, 0.3) is 0 Å². The molecular weight excluding hydrogens is 247 g/mol. The van der Waals surface area contributed by atoms with Crippen LogP contribution in [0.5, 0.6) is 5.75 Å². The Morgan fingerprint density at radius 1 is 1.50 bits per heavy atom. The lowest BCUT2D eigenvalue weighted by Gasteiger charge is -2.09. The van der Waals surface area contributed by atoms with Gasteiger partial charge in [-0.15, -0.1) is 0 Å². The zero-order valence-electron chi connectivity index (χ0n) is 9.09. The van der Waals surface area contributed by atoms with Gasteiger partial charge in [0.2, 0.25) is 0 Å². The van der Waals surface area contributed by atoms with Crippen LogP contribution in [-0.2, 0) is 0 Å². The highest BCUT2D eigenvalue weighted by atomic mass is 35.5. The number of hydrogen-bond acceptors (Lipinski definition) is 2. The molecule has 86 valence electrons. The van der Waals surface area contributed by atoms with Gasteiger partial charge in [0, 0.05) is 11.1 Å². The fourth-order valence-corrected chi connectivity index (χ4v) is 1.33. The molecule has 0 aliphatic rings. The molecule has 2 nitrogen and oxygen atoms in total. The van der Waals surface area contributed by atoms with Gasteiger partial charge in [-0.05, 0) is 37.6 Å². The summed E-state index contributed by atoms with van der Waals surface area (Å²) >= 11 is 11.1. The fraction of sp³-hybridized carbons (Fsp3) is 0.250. The van der Waals surface area contributed by atoms with E-state index in [1.54, 1.807) is 18.2 Å². The predicted octanol–water partition coefficient (Wildman–Crippen LogP) is 3.90. The van der Waals surface area contributed by atoms with Crippen molar-refractivity contribution in [2.75, 3.05) is 6.61 Å². The second-order valence-electron chi connectivity index (χ2n) is 3.38. The van der Waals surface area contributed by atoms with Crippen LogP contribution in [0.1, 0.15) is 22.8 Å². The van der Waals surface area contributed by atoms with Crippen molar-refractivity contribution in [1.82, 2.24) is 0 Å². The molecular formula is C12H12Cl2O2. The van der Waals surface area contributed by atoms with Crippen LogP contribution in [0.2, 0.25) is 0 Å². The first kappa shape index (κ1) is 13.1. The number of halogens is 2. The molecule has 1 aromatic carbocycles. The third-order valence-electron chi connectivity index (χ3n) is 2.07. The van der Waals surface area contributed by atoms with Crippen LogP contribution < -0.4 is 4.74 Å². The van der Waals surface area contributed by atoms with E-state index in [0.29, 0.717) is 16.3 Å². The van der Waals surface area contributed by atoms with E-state index >= 15 is 0 Å². The van der Waals surface area contributed by atoms with Gasteiger partial charge in [-0.25, -0.2) is 0 Å². The van der Waals surface area contributed by atoms with Gasteiger partial charge in [0.1, 0.15) is 12.4 Å². The zero-order chi connectivity index (χ0) is 12.1. The van der Waals surface area contributed by atoms with E-state index in [4.69, 9.17) is 27.9 Å². The van der Waals surface area contributed by atoms with E-state index in [-0.39, 0.29) is 12.4 Å². The topological polar surface area (TPSA) is 26.3 Å². The number of Topliss-reactive ketones (excluding diaryl/α,β-unsaturated/α-hetero) is 1. The summed E-state index contributed by atoms with van der Waals surface area (Å²) < 4.78 is 5.43. The minimum Gasteiger partial charge on any atom is -0.488 e. The monoisotopic (exact) mass is 258 g/mol. The van der Waals surface area contributed by atoms with E-state index in [1.165, 1.54) is 12.5 Å². The number of carbonyl (C=O) groups is 1. The molecule has 0 saturated carbocycles. The van der Waals surface area contributed by atoms with Gasteiger partial charge in [-0.1, -0.05) is 23.2 Å². The maximum atomic E-state index is 11.1. The molecule has 0 bridgehead atoms. The number of carbonyl (C=O) groups excluding carboxylic acids is 1. The molecule has 0 radical (unpaired) electrons. The minimum atomic E-state index is 0.0355. The number of aryl methyl sites for hydroxylation is 1. The summed E-state index contributed by atoms with van der Waals surface area (Å²) in [5.41, 5.74) is 2.83. The van der Waals surface area contributed by atoms with E-state index < -0.39 is 0 Å². The van der Waals surface area contributed by atoms with E-state index in [2.05, 4.69) is 0 Å². The Labute approximate surface area is 105 Å². The summed E-state index contributed by atoms with van der Waals surface area (Å²) in [7, 11) is 0. The first-order valence-corrected chi connectivity index (χ1v) is 5.55. The zero-order valence-corrected chi connectivity index (χ0v) is 10.6. The standard InChI is InChI=1S/C12H12Cl2O2/c1-8-5-10(9(2)15)3-4-12(8)16-7-11(14)6-13/h3-6H,7H2,1-2H3/b11-6-. The van der Waals surface area contributed by atoms with Crippen LogP contribution in [0.15, 0.2) is 28.8 Å². The normalized spacial score (nSPS) is 11.4. The number of hydrogen-bond donors (Lipinski definition) is 0. The lowest BCUT2D eigenvalue weighted by molar-refractivity contribution is 0.101. The smallest absolute Gasteiger partial charge is 0.159 e. The van der Waals surface area contributed by atoms with Crippen molar-refractivity contribution >= 4 is 29.0 Å². The second-order valence-corrected chi connectivity index (χ2v) is 4.08. The Morgan fingerprint density at radius 3 is 2.69 bits per heavy atom. The van der Waals surface area contributed by atoms with Crippen molar-refractivity contribution in [2.45, 2.75) is 13.8 Å². The van der Waals surface area contributed by atoms with Crippen molar-refractivity contribution in [3.63, 3.8) is 0 Å². The fourth-order valence-electron chi connectivity index (χ4n) is 1.21. The third kappa shape index (κ3) is 3.54. The summed E-state index contributed by atoms with van der Waals surface area (Å²) in [6, 6.07) is 5.27. The maximum absolute atomic E-state index is 11.1. The Bertz CT molecular complexity index is 425. The van der Waals surface area contributed by atoms with Gasteiger partial charge in [0.15, 0.2) is 5.78 Å². The van der Waals surface area contributed by atoms with Crippen molar-refractivity contribution in [1.29, 1.82) is 0 Å². The molecule has 0 atom stereocenters. The lowest BCUT2D eigenvalue weighted by Crippen LogP contribution is -2.00. The molecule has 0 amide bonds. The minimum absolute atomic E-state index is 0.0355. The van der Waals surface area contributed by atoms with Gasteiger partial charge in [-0.3, -0.25) is 4.79 Å². The number of rotatable bonds is 4. The third-order valence-corrected chi connectivity index (χ3v) is 2.66. The first-order chi connectivity index (χ1) is 7.54. The molecule has 0 aliphatic carbocycles. The molecule has 0 unspecified atom stereocenters. The van der Waals surface area contributed by atoms with Crippen LogP contribution in [0.25, 0.3) is 0 Å². The van der Waals surface area contributed by atoms with Gasteiger partial charge >= 0.3 is 0 Å². The SMILES string of the molecule is CC(=O)c1ccc(OC/C(Cl)=C/Cl)c(C)c1. The molecule has 4 heteroatoms. The lowest BCUT2D eigenvalue weighted by atomic mass is 10.1. The average Bonchev–Trinajstić information content (AvgIpc) is 2.26. The quantitative estimate of drug-likeness (QED) is 0.766. The van der Waals surface area contributed by atoms with Crippen molar-refractivity contribution in [2.24, 2.45) is 0 Å². The Morgan fingerprint density at radius 2 is 2.19 bits per heavy atom. The highest BCUT2D eigenvalue weighted by Crippen LogP contribution is 2.20. The summed E-state index contributed by atoms with van der Waals surface area (Å²) in [6.45, 7) is 3.63. The van der Waals surface area contributed by atoms with E-state index in [9.17, 15) is 4.79 Å². The summed E-state index contributed by atoms with van der Waals surface area (Å²) in [6.07, 6.45) is 0. The van der Waals surface area contributed by atoms with Crippen molar-refractivity contribution < 1.29 is 9.53 Å². The van der Waals surface area contributed by atoms with E-state index in [1.807, 2.05) is 6.92 Å². The Balaban J connectivity index is 2.79. The average molecular weight is 259 g/mol. The molecule has 1 rings (SSSR count). The summed E-state index contributed by atoms with van der Waals surface area (Å²) in [5, 5.41) is 0.428. The maximum Gasteiger partial charge on any atom is 0.159 e. The molecule has 0 N–H and O–H groups in total. The summed E-state index contributed by atoms with van der Waals surface area (Å²) in [4.78, 5) is 11.1. The highest BCUT2D eigenvalue weighted by molar-refractivity contribution is 6.36. The second kappa shape index (κ2) is 5.92. The van der Waals surface area contributed by atoms with Crippen LogP contribution >= 0.6 is 23.2 Å². The Kier molecular flexibility index (Phi) is 4.84. The number of benzene rings is 1. The van der Waals surface area contributed by atoms with E-state index in [0.717, 1.165) is 5.56 Å². The molecule has 0 spiro atoms. The number of ether oxygens (including phenoxy) is 1. The van der Waals surface area contributed by atoms with Crippen LogP contribution in [0, 0.1) is 6.92 Å². The van der Waals surface area contributed by atoms with Crippen LogP contribution in [-0.4, -0.2) is 12.4 Å². The molecule has 0 aliphatic heterocycles. The molecule has 0 saturated heterocycles. The molecule has 0 aromatic heterocycles. The number of ketones is 1. The van der Waals surface area contributed by atoms with Crippen molar-refractivity contribution in [3.05, 3.63) is 39.9 Å². The Hall–Kier alpha value is -0.990. The summed E-state index contributed by atoms with van der Waals surface area (Å²) in [5.74, 6) is 0.731. The molecule has 0 heterocycles. The predicted molar refractivity (Wildman–Crippen MR) is 66.5 cm³/mol. The van der Waals surface area contributed by atoms with Gasteiger partial charge in [-0.2, -0.15) is 0 Å². The molecule has 0 fully saturated rings. The van der Waals surface area contributed by atoms with Crippen LogP contribution in [0.3, 0.4) is 0 Å². The largest absolute Gasteiger partial charge is 0.488 e. The van der Waals surface area contributed by atoms with Gasteiger partial charge in [0.05, 0.1) is 5.03 Å². The highest BCUT2D eigenvalue weighted by Gasteiger charge is 2.04. The van der Waals surface area contributed by atoms with Crippen molar-refractivity contribution in [3.8, 4) is 5.75 Å². The molecule has 16 heavy (non-hydrogen) atoms. The molecule has 1 aromatic rings.